The second-order valence-electron chi connectivity index (χ2n) is 5.86. The molecule has 0 radical (unpaired) electrons. The number of nitrogens with zero attached hydrogens (tertiary/aromatic N) is 2. The van der Waals surface area contributed by atoms with E-state index in [1.807, 2.05) is 0 Å². The number of carbonyl (C=O) groups is 1. The van der Waals surface area contributed by atoms with Gasteiger partial charge in [-0.1, -0.05) is 6.07 Å². The van der Waals surface area contributed by atoms with Gasteiger partial charge < -0.3 is 14.0 Å². The van der Waals surface area contributed by atoms with Crippen LogP contribution >= 0.6 is 11.3 Å². The molecule has 0 aliphatic carbocycles. The maximum atomic E-state index is 14.3. The maximum absolute atomic E-state index is 14.3. The van der Waals surface area contributed by atoms with Crippen molar-refractivity contribution in [3.8, 4) is 0 Å². The van der Waals surface area contributed by atoms with Crippen molar-refractivity contribution >= 4 is 43.9 Å². The second-order valence-corrected chi connectivity index (χ2v) is 9.01. The summed E-state index contributed by atoms with van der Waals surface area (Å²) in [5.41, 5.74) is 0.595. The molecule has 7 nitrogen and oxygen atoms in total. The lowest BCUT2D eigenvalue weighted by molar-refractivity contribution is 0.0496. The van der Waals surface area contributed by atoms with Crippen molar-refractivity contribution < 1.29 is 27.1 Å². The summed E-state index contributed by atoms with van der Waals surface area (Å²) in [6, 6.07) is 6.92. The summed E-state index contributed by atoms with van der Waals surface area (Å²) in [6.45, 7) is 1.80. The zero-order valence-corrected chi connectivity index (χ0v) is 17.1. The van der Waals surface area contributed by atoms with Crippen molar-refractivity contribution in [3.63, 3.8) is 0 Å². The van der Waals surface area contributed by atoms with Gasteiger partial charge in [-0.25, -0.2) is 17.6 Å². The number of anilines is 1. The van der Waals surface area contributed by atoms with E-state index in [9.17, 15) is 17.6 Å². The van der Waals surface area contributed by atoms with Gasteiger partial charge in [0.05, 0.1) is 17.8 Å². The molecule has 0 aliphatic rings. The van der Waals surface area contributed by atoms with E-state index in [4.69, 9.17) is 9.47 Å². The zero-order chi connectivity index (χ0) is 20.5. The van der Waals surface area contributed by atoms with Crippen molar-refractivity contribution in [2.45, 2.75) is 17.9 Å². The van der Waals surface area contributed by atoms with Crippen molar-refractivity contribution in [1.29, 1.82) is 0 Å². The first-order chi connectivity index (χ1) is 13.3. The molecule has 3 rings (SSSR count). The predicted octanol–water partition coefficient (Wildman–Crippen LogP) is 3.45. The molecule has 2 aromatic heterocycles. The molecule has 2 heterocycles. The average molecular weight is 426 g/mol. The smallest absolute Gasteiger partial charge is 0.355 e. The molecule has 0 N–H and O–H groups in total. The highest BCUT2D eigenvalue weighted by atomic mass is 32.2. The first-order valence-electron chi connectivity index (χ1n) is 8.32. The molecule has 0 atom stereocenters. The number of esters is 1. The molecule has 0 saturated heterocycles. The van der Waals surface area contributed by atoms with E-state index in [1.165, 1.54) is 36.9 Å². The summed E-state index contributed by atoms with van der Waals surface area (Å²) >= 11 is 1.06. The van der Waals surface area contributed by atoms with Crippen LogP contribution in [0.15, 0.2) is 39.9 Å². The Balaban J connectivity index is 2.26. The minimum Gasteiger partial charge on any atom is -0.461 e. The molecule has 0 bridgehead atoms. The molecule has 0 amide bonds. The number of sulfonamides is 1. The lowest BCUT2D eigenvalue weighted by atomic mass is 10.2. The standard InChI is InChI=1S/C18H19FN2O5S2/c1-4-26-18(22)15-9-12-8-13(19)10-14(17(12)21(15)11-25-3)20(2)28(23,24)16-6-5-7-27-16/h5-10H,4,11H2,1-3H3. The van der Waals surface area contributed by atoms with Crippen molar-refractivity contribution in [2.24, 2.45) is 0 Å². The summed E-state index contributed by atoms with van der Waals surface area (Å²) in [5, 5.41) is 2.01. The molecular formula is C18H19FN2O5S2. The number of benzene rings is 1. The Bertz CT molecular complexity index is 1110. The summed E-state index contributed by atoms with van der Waals surface area (Å²) in [4.78, 5) is 12.3. The van der Waals surface area contributed by atoms with Crippen molar-refractivity contribution in [1.82, 2.24) is 4.57 Å². The van der Waals surface area contributed by atoms with Crippen LogP contribution in [-0.4, -0.2) is 39.7 Å². The lowest BCUT2D eigenvalue weighted by Gasteiger charge is -2.21. The fourth-order valence-electron chi connectivity index (χ4n) is 2.91. The summed E-state index contributed by atoms with van der Waals surface area (Å²) in [5.74, 6) is -1.23. The van der Waals surface area contributed by atoms with Gasteiger partial charge in [0.15, 0.2) is 0 Å². The molecule has 0 saturated carbocycles. The second kappa shape index (κ2) is 7.90. The van der Waals surface area contributed by atoms with Gasteiger partial charge >= 0.3 is 5.97 Å². The number of fused-ring (bicyclic) bond motifs is 1. The molecule has 10 heteroatoms. The first-order valence-corrected chi connectivity index (χ1v) is 10.6. The van der Waals surface area contributed by atoms with Gasteiger partial charge in [0, 0.05) is 25.6 Å². The van der Waals surface area contributed by atoms with Crippen molar-refractivity contribution in [2.75, 3.05) is 25.1 Å². The van der Waals surface area contributed by atoms with Gasteiger partial charge in [-0.3, -0.25) is 4.31 Å². The quantitative estimate of drug-likeness (QED) is 0.541. The normalized spacial score (nSPS) is 11.7. The molecule has 3 aromatic rings. The molecule has 0 spiro atoms. The van der Waals surface area contributed by atoms with E-state index in [0.29, 0.717) is 10.9 Å². The average Bonchev–Trinajstić information content (AvgIpc) is 3.30. The fourth-order valence-corrected chi connectivity index (χ4v) is 5.26. The molecule has 150 valence electrons. The van der Waals surface area contributed by atoms with E-state index in [2.05, 4.69) is 0 Å². The van der Waals surface area contributed by atoms with E-state index < -0.39 is 21.8 Å². The minimum atomic E-state index is -3.89. The predicted molar refractivity (Wildman–Crippen MR) is 105 cm³/mol. The third-order valence-electron chi connectivity index (χ3n) is 4.13. The molecule has 28 heavy (non-hydrogen) atoms. The largest absolute Gasteiger partial charge is 0.461 e. The Kier molecular flexibility index (Phi) is 5.73. The number of rotatable bonds is 7. The van der Waals surface area contributed by atoms with Gasteiger partial charge in [0.25, 0.3) is 10.0 Å². The Labute approximate surface area is 165 Å². The highest BCUT2D eigenvalue weighted by molar-refractivity contribution is 7.94. The lowest BCUT2D eigenvalue weighted by Crippen LogP contribution is -2.26. The van der Waals surface area contributed by atoms with Crippen LogP contribution in [0.3, 0.4) is 0 Å². The number of ether oxygens (including phenoxy) is 2. The number of hydrogen-bond donors (Lipinski definition) is 0. The number of thiophene rings is 1. The zero-order valence-electron chi connectivity index (χ0n) is 15.5. The SMILES string of the molecule is CCOC(=O)c1cc2cc(F)cc(N(C)S(=O)(=O)c3cccs3)c2n1COC. The van der Waals surface area contributed by atoms with Gasteiger partial charge in [0.2, 0.25) is 0 Å². The highest BCUT2D eigenvalue weighted by Gasteiger charge is 2.27. The van der Waals surface area contributed by atoms with Gasteiger partial charge in [0.1, 0.15) is 22.5 Å². The minimum absolute atomic E-state index is 0.0385. The van der Waals surface area contributed by atoms with E-state index in [-0.39, 0.29) is 28.9 Å². The molecule has 0 aliphatic heterocycles. The van der Waals surface area contributed by atoms with Crippen LogP contribution in [0.1, 0.15) is 17.4 Å². The first kappa shape index (κ1) is 20.3. The number of methoxy groups -OCH3 is 1. The Morgan fingerprint density at radius 3 is 2.68 bits per heavy atom. The van der Waals surface area contributed by atoms with Gasteiger partial charge in [-0.15, -0.1) is 11.3 Å². The highest BCUT2D eigenvalue weighted by Crippen LogP contribution is 2.34. The van der Waals surface area contributed by atoms with Crippen LogP contribution in [0.5, 0.6) is 0 Å². The Morgan fingerprint density at radius 2 is 2.07 bits per heavy atom. The summed E-state index contributed by atoms with van der Waals surface area (Å²) < 4.78 is 53.0. The maximum Gasteiger partial charge on any atom is 0.355 e. The number of halogens is 1. The summed E-state index contributed by atoms with van der Waals surface area (Å²) in [7, 11) is -1.11. The molecule has 0 fully saturated rings. The number of carbonyl (C=O) groups excluding carboxylic acids is 1. The topological polar surface area (TPSA) is 77.8 Å². The Morgan fingerprint density at radius 1 is 1.32 bits per heavy atom. The molecule has 0 unspecified atom stereocenters. The van der Waals surface area contributed by atoms with Gasteiger partial charge in [-0.2, -0.15) is 0 Å². The fraction of sp³-hybridized carbons (Fsp3) is 0.278. The molecular weight excluding hydrogens is 407 g/mol. The van der Waals surface area contributed by atoms with E-state index in [1.54, 1.807) is 18.4 Å². The number of hydrogen-bond acceptors (Lipinski definition) is 6. The van der Waals surface area contributed by atoms with Crippen LogP contribution in [0.25, 0.3) is 10.9 Å². The van der Waals surface area contributed by atoms with Crippen LogP contribution in [0.2, 0.25) is 0 Å². The third-order valence-corrected chi connectivity index (χ3v) is 7.27. The summed E-state index contributed by atoms with van der Waals surface area (Å²) in [6.07, 6.45) is 0. The van der Waals surface area contributed by atoms with E-state index in [0.717, 1.165) is 21.7 Å². The van der Waals surface area contributed by atoms with Crippen LogP contribution in [-0.2, 0) is 26.2 Å². The number of aromatic nitrogens is 1. The molecule has 1 aromatic carbocycles. The van der Waals surface area contributed by atoms with E-state index >= 15 is 0 Å². The van der Waals surface area contributed by atoms with Crippen molar-refractivity contribution in [3.05, 3.63) is 47.2 Å². The third kappa shape index (κ3) is 3.50. The monoisotopic (exact) mass is 426 g/mol. The van der Waals surface area contributed by atoms with Gasteiger partial charge in [-0.05, 0) is 30.5 Å². The van der Waals surface area contributed by atoms with Crippen LogP contribution in [0, 0.1) is 5.82 Å². The van der Waals surface area contributed by atoms with Crippen LogP contribution < -0.4 is 4.31 Å². The van der Waals surface area contributed by atoms with Crippen LogP contribution in [0.4, 0.5) is 10.1 Å². The Hall–Kier alpha value is -2.43.